The Morgan fingerprint density at radius 3 is 2.73 bits per heavy atom. The molecule has 0 N–H and O–H groups in total. The predicted octanol–water partition coefficient (Wildman–Crippen LogP) is 3.70. The highest BCUT2D eigenvalue weighted by atomic mass is 16.5. The van der Waals surface area contributed by atoms with E-state index in [0.717, 1.165) is 57.0 Å². The van der Waals surface area contributed by atoms with Gasteiger partial charge in [-0.25, -0.2) is 0 Å². The van der Waals surface area contributed by atoms with Gasteiger partial charge in [0.2, 0.25) is 5.82 Å². The van der Waals surface area contributed by atoms with E-state index in [2.05, 4.69) is 48.8 Å². The summed E-state index contributed by atoms with van der Waals surface area (Å²) >= 11 is 0. The number of rotatable bonds is 3. The Hall–Kier alpha value is -2.41. The molecule has 0 unspecified atom stereocenters. The van der Waals surface area contributed by atoms with E-state index >= 15 is 0 Å². The quantitative estimate of drug-likeness (QED) is 0.715. The van der Waals surface area contributed by atoms with Crippen LogP contribution in [0.3, 0.4) is 0 Å². The normalized spacial score (nSPS) is 29.7. The number of likely N-dealkylation sites (tertiary alicyclic amines) is 1. The Balaban J connectivity index is 1.20. The van der Waals surface area contributed by atoms with Crippen LogP contribution < -0.4 is 4.74 Å². The first-order valence-electron chi connectivity index (χ1n) is 12.8. The van der Waals surface area contributed by atoms with Gasteiger partial charge in [-0.15, -0.1) is 10.2 Å². The number of hydrogen-bond acceptors (Lipinski definition) is 5. The average molecular weight is 450 g/mol. The Morgan fingerprint density at radius 1 is 1.00 bits per heavy atom. The second-order valence-electron chi connectivity index (χ2n) is 10.5. The Kier molecular flexibility index (Phi) is 5.60. The number of aryl methyl sites for hydroxylation is 1. The molecule has 6 rings (SSSR count). The van der Waals surface area contributed by atoms with Crippen molar-refractivity contribution in [3.05, 3.63) is 41.5 Å². The largest absolute Gasteiger partial charge is 0.497 e. The van der Waals surface area contributed by atoms with Crippen LogP contribution in [0, 0.1) is 11.8 Å². The molecule has 5 heterocycles. The minimum atomic E-state index is 0.0984. The van der Waals surface area contributed by atoms with Gasteiger partial charge in [0.1, 0.15) is 11.6 Å². The number of hydrogen-bond donors (Lipinski definition) is 0. The highest BCUT2D eigenvalue weighted by Crippen LogP contribution is 2.44. The molecule has 33 heavy (non-hydrogen) atoms. The fourth-order valence-corrected chi connectivity index (χ4v) is 6.94. The first-order chi connectivity index (χ1) is 16.2. The number of carbonyl (C=O) groups is 1. The van der Waals surface area contributed by atoms with Crippen molar-refractivity contribution >= 4 is 5.91 Å². The molecular formula is C26H35N5O2. The predicted molar refractivity (Wildman–Crippen MR) is 125 cm³/mol. The van der Waals surface area contributed by atoms with E-state index in [1.54, 1.807) is 7.11 Å². The Bertz CT molecular complexity index is 1000. The van der Waals surface area contributed by atoms with Crippen LogP contribution in [0.1, 0.15) is 73.0 Å². The summed E-state index contributed by atoms with van der Waals surface area (Å²) in [5, 5.41) is 8.73. The van der Waals surface area contributed by atoms with Gasteiger partial charge in [-0.1, -0.05) is 18.6 Å². The molecule has 176 valence electrons. The maximum absolute atomic E-state index is 13.6. The minimum absolute atomic E-state index is 0.0984. The third-order valence-electron chi connectivity index (χ3n) is 8.48. The summed E-state index contributed by atoms with van der Waals surface area (Å²) in [7, 11) is 1.72. The lowest BCUT2D eigenvalue weighted by Crippen LogP contribution is -2.60. The summed E-state index contributed by atoms with van der Waals surface area (Å²) in [6.45, 7) is 3.66. The van der Waals surface area contributed by atoms with Crippen molar-refractivity contribution in [3.63, 3.8) is 0 Å². The van der Waals surface area contributed by atoms with Gasteiger partial charge in [0.15, 0.2) is 0 Å². The lowest BCUT2D eigenvalue weighted by Gasteiger charge is -2.55. The minimum Gasteiger partial charge on any atom is -0.497 e. The highest BCUT2D eigenvalue weighted by Gasteiger charge is 2.46. The van der Waals surface area contributed by atoms with Crippen molar-refractivity contribution in [1.29, 1.82) is 0 Å². The van der Waals surface area contributed by atoms with Gasteiger partial charge in [-0.3, -0.25) is 9.69 Å². The smallest absolute Gasteiger partial charge is 0.291 e. The molecule has 1 amide bonds. The first-order valence-corrected chi connectivity index (χ1v) is 12.8. The van der Waals surface area contributed by atoms with Gasteiger partial charge in [-0.05, 0) is 68.1 Å². The van der Waals surface area contributed by atoms with Crippen LogP contribution in [0.25, 0.3) is 0 Å². The number of nitrogens with zero attached hydrogens (tertiary/aromatic N) is 5. The maximum Gasteiger partial charge on any atom is 0.291 e. The van der Waals surface area contributed by atoms with Gasteiger partial charge in [0.25, 0.3) is 5.91 Å². The molecule has 0 spiro atoms. The lowest BCUT2D eigenvalue weighted by atomic mass is 9.74. The molecule has 3 saturated heterocycles. The molecule has 4 aliphatic rings. The van der Waals surface area contributed by atoms with Crippen molar-refractivity contribution in [2.24, 2.45) is 11.8 Å². The molecule has 7 nitrogen and oxygen atoms in total. The number of carbonyl (C=O) groups excluding carboxylic acids is 1. The zero-order valence-corrected chi connectivity index (χ0v) is 19.7. The molecule has 2 bridgehead atoms. The van der Waals surface area contributed by atoms with Crippen LogP contribution in [0.4, 0.5) is 0 Å². The fraction of sp³-hybridized carbons (Fsp3) is 0.654. The van der Waals surface area contributed by atoms with E-state index in [1.165, 1.54) is 37.7 Å². The van der Waals surface area contributed by atoms with Gasteiger partial charge in [-0.2, -0.15) is 0 Å². The highest BCUT2D eigenvalue weighted by molar-refractivity contribution is 5.91. The maximum atomic E-state index is 13.6. The van der Waals surface area contributed by atoms with Gasteiger partial charge in [0.05, 0.1) is 7.11 Å². The number of ether oxygens (including phenoxy) is 1. The van der Waals surface area contributed by atoms with Crippen molar-refractivity contribution in [2.45, 2.75) is 70.0 Å². The van der Waals surface area contributed by atoms with Crippen LogP contribution >= 0.6 is 0 Å². The van der Waals surface area contributed by atoms with Crippen LogP contribution in [0.15, 0.2) is 24.3 Å². The number of fused-ring (bicyclic) bond motifs is 5. The summed E-state index contributed by atoms with van der Waals surface area (Å²) < 4.78 is 7.47. The zero-order valence-electron chi connectivity index (χ0n) is 19.7. The van der Waals surface area contributed by atoms with E-state index in [0.29, 0.717) is 29.7 Å². The van der Waals surface area contributed by atoms with E-state index in [9.17, 15) is 4.79 Å². The first kappa shape index (κ1) is 21.1. The molecule has 1 aromatic heterocycles. The summed E-state index contributed by atoms with van der Waals surface area (Å²) in [5.74, 6) is 3.67. The molecule has 0 saturated carbocycles. The summed E-state index contributed by atoms with van der Waals surface area (Å²) in [4.78, 5) is 18.4. The van der Waals surface area contributed by atoms with E-state index in [-0.39, 0.29) is 5.91 Å². The number of methoxy groups -OCH3 is 1. The van der Waals surface area contributed by atoms with Crippen molar-refractivity contribution in [1.82, 2.24) is 24.6 Å². The van der Waals surface area contributed by atoms with E-state index in [1.807, 2.05) is 0 Å². The van der Waals surface area contributed by atoms with Gasteiger partial charge < -0.3 is 14.2 Å². The van der Waals surface area contributed by atoms with Gasteiger partial charge >= 0.3 is 0 Å². The fourth-order valence-electron chi connectivity index (χ4n) is 6.94. The van der Waals surface area contributed by atoms with Crippen molar-refractivity contribution in [2.75, 3.05) is 26.7 Å². The average Bonchev–Trinajstić information content (AvgIpc) is 3.11. The van der Waals surface area contributed by atoms with Crippen LogP contribution in [-0.4, -0.2) is 63.3 Å². The van der Waals surface area contributed by atoms with E-state index < -0.39 is 0 Å². The standard InChI is InChI=1S/C26H35N5O2/c1-33-21-11-9-19(10-12-21)22-6-5-7-23-20-14-18(16-31(22)23)15-29(17-20)26(32)25-28-27-24-8-3-2-4-13-30(24)25/h9-12,18,20,22-23H,2-8,13-17H2,1H3/t18-,20+,22+,23-/m0/s1. The molecule has 4 aliphatic heterocycles. The molecule has 0 aliphatic carbocycles. The molecule has 1 aromatic carbocycles. The van der Waals surface area contributed by atoms with Crippen molar-refractivity contribution < 1.29 is 9.53 Å². The zero-order chi connectivity index (χ0) is 22.4. The third-order valence-corrected chi connectivity index (χ3v) is 8.48. The Labute approximate surface area is 196 Å². The molecule has 2 aromatic rings. The molecule has 4 atom stereocenters. The second kappa shape index (κ2) is 8.75. The number of amides is 1. The van der Waals surface area contributed by atoms with Gasteiger partial charge in [0, 0.05) is 44.7 Å². The summed E-state index contributed by atoms with van der Waals surface area (Å²) in [6.07, 6.45) is 9.37. The van der Waals surface area contributed by atoms with Crippen LogP contribution in [0.2, 0.25) is 0 Å². The van der Waals surface area contributed by atoms with Crippen LogP contribution in [-0.2, 0) is 13.0 Å². The summed E-state index contributed by atoms with van der Waals surface area (Å²) in [6, 6.07) is 9.70. The molecule has 0 radical (unpaired) electrons. The summed E-state index contributed by atoms with van der Waals surface area (Å²) in [5.41, 5.74) is 1.40. The SMILES string of the molecule is COc1ccc([C@H]2CCC[C@H]3[C@@H]4C[C@@H](CN(C(=O)c5nnc6n5CCCCC6)C4)CN23)cc1. The number of aromatic nitrogens is 3. The molecular weight excluding hydrogens is 414 g/mol. The topological polar surface area (TPSA) is 63.5 Å². The third kappa shape index (κ3) is 3.84. The number of piperidine rings is 3. The van der Waals surface area contributed by atoms with Crippen LogP contribution in [0.5, 0.6) is 5.75 Å². The lowest BCUT2D eigenvalue weighted by molar-refractivity contribution is -0.0514. The van der Waals surface area contributed by atoms with E-state index in [4.69, 9.17) is 4.74 Å². The van der Waals surface area contributed by atoms with Crippen molar-refractivity contribution in [3.8, 4) is 5.75 Å². The second-order valence-corrected chi connectivity index (χ2v) is 10.5. The molecule has 3 fully saturated rings. The monoisotopic (exact) mass is 449 g/mol. The molecule has 7 heteroatoms. The Morgan fingerprint density at radius 2 is 1.88 bits per heavy atom. The number of benzene rings is 1.